The maximum absolute atomic E-state index is 12.3. The highest BCUT2D eigenvalue weighted by Gasteiger charge is 2.16. The van der Waals surface area contributed by atoms with E-state index in [9.17, 15) is 14.7 Å². The van der Waals surface area contributed by atoms with E-state index in [1.54, 1.807) is 0 Å². The first-order chi connectivity index (χ1) is 31.6. The zero-order valence-electron chi connectivity index (χ0n) is 41.2. The van der Waals surface area contributed by atoms with Crippen LogP contribution in [0.15, 0.2) is 122 Å². The molecule has 1 atom stereocenters. The average molecular weight is 885 g/mol. The van der Waals surface area contributed by atoms with Gasteiger partial charge in [0.1, 0.15) is 6.61 Å². The number of aliphatic hydroxyl groups excluding tert-OH is 1. The lowest BCUT2D eigenvalue weighted by atomic mass is 10.0. The lowest BCUT2D eigenvalue weighted by Gasteiger charge is -2.15. The lowest BCUT2D eigenvalue weighted by molar-refractivity contribution is -0.161. The fourth-order valence-corrected chi connectivity index (χ4v) is 6.90. The van der Waals surface area contributed by atoms with Gasteiger partial charge in [0.05, 0.1) is 6.61 Å². The summed E-state index contributed by atoms with van der Waals surface area (Å²) < 4.78 is 10.7. The number of carbonyl (C=O) groups is 2. The molecule has 0 aliphatic rings. The fraction of sp³-hybridized carbons (Fsp3) is 0.627. The molecule has 0 aromatic rings. The molecule has 1 N–H and O–H groups in total. The number of carbonyl (C=O) groups excluding carboxylic acids is 2. The van der Waals surface area contributed by atoms with Crippen LogP contribution >= 0.6 is 0 Å². The first-order valence-electron chi connectivity index (χ1n) is 26.1. The normalized spacial score (nSPS) is 13.2. The van der Waals surface area contributed by atoms with Crippen LogP contribution in [-0.4, -0.2) is 36.4 Å². The monoisotopic (exact) mass is 885 g/mol. The molecule has 0 saturated carbocycles. The molecule has 0 aromatic heterocycles. The maximum atomic E-state index is 12.3. The highest BCUT2D eigenvalue weighted by Crippen LogP contribution is 2.14. The van der Waals surface area contributed by atoms with Crippen molar-refractivity contribution < 1.29 is 24.2 Å². The van der Waals surface area contributed by atoms with Crippen LogP contribution in [0.25, 0.3) is 0 Å². The van der Waals surface area contributed by atoms with Gasteiger partial charge in [-0.2, -0.15) is 0 Å². The summed E-state index contributed by atoms with van der Waals surface area (Å²) in [6, 6.07) is 0. The third-order valence-electron chi connectivity index (χ3n) is 10.8. The van der Waals surface area contributed by atoms with Crippen LogP contribution in [0.3, 0.4) is 0 Å². The summed E-state index contributed by atoms with van der Waals surface area (Å²) in [5.41, 5.74) is 0. The Bertz CT molecular complexity index is 1320. The molecule has 1 unspecified atom stereocenters. The minimum absolute atomic E-state index is 0.0801. The van der Waals surface area contributed by atoms with E-state index in [0.717, 1.165) is 109 Å². The smallest absolute Gasteiger partial charge is 0.306 e. The van der Waals surface area contributed by atoms with Gasteiger partial charge < -0.3 is 14.6 Å². The minimum Gasteiger partial charge on any atom is -0.462 e. The Balaban J connectivity index is 3.58. The first kappa shape index (κ1) is 60.3. The van der Waals surface area contributed by atoms with Gasteiger partial charge in [0.15, 0.2) is 6.10 Å². The quantitative estimate of drug-likeness (QED) is 0.0375. The standard InChI is InChI=1S/C59H96O5/c1-3-5-7-9-11-13-15-17-19-21-23-25-27-28-29-30-32-34-36-38-40-42-44-46-48-50-52-54-59(62)64-57(55-60)56-63-58(61)53-51-49-47-45-43-41-39-37-35-33-31-26-24-22-20-18-16-14-12-10-8-6-4-2/h5-8,11-14,17-20,23-26,28-29,33,35,57,60H,3-4,9-10,15-16,21-22,27,30-32,34,36-56H2,1-2H3/b7-5-,8-6-,13-11-,14-12-,19-17-,20-18-,25-23-,26-24-,29-28-,35-33-. The summed E-state index contributed by atoms with van der Waals surface area (Å²) in [5.74, 6) is -0.613. The highest BCUT2D eigenvalue weighted by molar-refractivity contribution is 5.70. The molecule has 5 nitrogen and oxygen atoms in total. The third-order valence-corrected chi connectivity index (χ3v) is 10.8. The number of hydrogen-bond donors (Lipinski definition) is 1. The van der Waals surface area contributed by atoms with Crippen LogP contribution in [0.2, 0.25) is 0 Å². The van der Waals surface area contributed by atoms with Gasteiger partial charge >= 0.3 is 11.9 Å². The number of aliphatic hydroxyl groups is 1. The average Bonchev–Trinajstić information content (AvgIpc) is 3.30. The molecule has 0 radical (unpaired) electrons. The van der Waals surface area contributed by atoms with E-state index in [-0.39, 0.29) is 25.2 Å². The molecule has 5 heteroatoms. The topological polar surface area (TPSA) is 72.8 Å². The number of unbranched alkanes of at least 4 members (excludes halogenated alkanes) is 18. The van der Waals surface area contributed by atoms with Crippen molar-refractivity contribution in [3.63, 3.8) is 0 Å². The predicted octanol–water partition coefficient (Wildman–Crippen LogP) is 17.5. The predicted molar refractivity (Wildman–Crippen MR) is 278 cm³/mol. The SMILES string of the molecule is CC/C=C\C/C=C\C/C=C\C/C=C\C/C=C\CCCCCCCCCCCCCC(=O)OC(CO)COC(=O)CCCCCCCCC/C=C\C/C=C\C/C=C\C/C=C\C/C=C\CC. The van der Waals surface area contributed by atoms with Gasteiger partial charge in [-0.15, -0.1) is 0 Å². The van der Waals surface area contributed by atoms with Gasteiger partial charge in [-0.05, 0) is 103 Å². The van der Waals surface area contributed by atoms with Crippen molar-refractivity contribution in [1.82, 2.24) is 0 Å². The second-order valence-electron chi connectivity index (χ2n) is 16.8. The van der Waals surface area contributed by atoms with Crippen molar-refractivity contribution in [2.24, 2.45) is 0 Å². The van der Waals surface area contributed by atoms with Gasteiger partial charge in [-0.25, -0.2) is 0 Å². The molecule has 0 bridgehead atoms. The van der Waals surface area contributed by atoms with Gasteiger partial charge in [0.2, 0.25) is 0 Å². The van der Waals surface area contributed by atoms with E-state index in [0.29, 0.717) is 12.8 Å². The summed E-state index contributed by atoms with van der Waals surface area (Å²) >= 11 is 0. The molecule has 0 fully saturated rings. The van der Waals surface area contributed by atoms with Crippen molar-refractivity contribution >= 4 is 11.9 Å². The van der Waals surface area contributed by atoms with Crippen molar-refractivity contribution in [2.75, 3.05) is 13.2 Å². The molecule has 0 saturated heterocycles. The summed E-state index contributed by atoms with van der Waals surface area (Å²) in [6.45, 7) is 3.90. The number of esters is 2. The van der Waals surface area contributed by atoms with Crippen LogP contribution < -0.4 is 0 Å². The minimum atomic E-state index is -0.788. The highest BCUT2D eigenvalue weighted by atomic mass is 16.6. The summed E-state index contributed by atoms with van der Waals surface area (Å²) in [5, 5.41) is 9.64. The molecule has 0 rings (SSSR count). The van der Waals surface area contributed by atoms with E-state index in [1.165, 1.54) is 83.5 Å². The van der Waals surface area contributed by atoms with Crippen molar-refractivity contribution in [3.8, 4) is 0 Å². The summed E-state index contributed by atoms with van der Waals surface area (Å²) in [7, 11) is 0. The molecule has 0 aromatic carbocycles. The van der Waals surface area contributed by atoms with E-state index in [1.807, 2.05) is 0 Å². The van der Waals surface area contributed by atoms with Crippen LogP contribution in [0.1, 0.15) is 219 Å². The molecule has 0 amide bonds. The van der Waals surface area contributed by atoms with E-state index in [2.05, 4.69) is 135 Å². The third kappa shape index (κ3) is 50.9. The fourth-order valence-electron chi connectivity index (χ4n) is 6.90. The van der Waals surface area contributed by atoms with Crippen LogP contribution in [0.4, 0.5) is 0 Å². The lowest BCUT2D eigenvalue weighted by Crippen LogP contribution is -2.28. The second-order valence-corrected chi connectivity index (χ2v) is 16.8. The zero-order chi connectivity index (χ0) is 46.3. The van der Waals surface area contributed by atoms with E-state index >= 15 is 0 Å². The summed E-state index contributed by atoms with van der Waals surface area (Å²) in [4.78, 5) is 24.5. The van der Waals surface area contributed by atoms with Crippen molar-refractivity contribution in [2.45, 2.75) is 225 Å². The van der Waals surface area contributed by atoms with Gasteiger partial charge in [-0.3, -0.25) is 9.59 Å². The Morgan fingerprint density at radius 3 is 0.938 bits per heavy atom. The Labute approximate surface area is 394 Å². The zero-order valence-corrected chi connectivity index (χ0v) is 41.2. The van der Waals surface area contributed by atoms with E-state index < -0.39 is 6.10 Å². The van der Waals surface area contributed by atoms with Gasteiger partial charge in [0.25, 0.3) is 0 Å². The molecule has 64 heavy (non-hydrogen) atoms. The van der Waals surface area contributed by atoms with Gasteiger partial charge in [-0.1, -0.05) is 225 Å². The second kappa shape index (κ2) is 53.6. The number of rotatable bonds is 46. The van der Waals surface area contributed by atoms with Crippen LogP contribution in [-0.2, 0) is 19.1 Å². The van der Waals surface area contributed by atoms with Crippen LogP contribution in [0.5, 0.6) is 0 Å². The molecular formula is C59H96O5. The molecule has 0 heterocycles. The van der Waals surface area contributed by atoms with Crippen molar-refractivity contribution in [1.29, 1.82) is 0 Å². The maximum Gasteiger partial charge on any atom is 0.306 e. The number of ether oxygens (including phenoxy) is 2. The van der Waals surface area contributed by atoms with E-state index in [4.69, 9.17) is 9.47 Å². The largest absolute Gasteiger partial charge is 0.462 e. The molecule has 0 spiro atoms. The Hall–Kier alpha value is -3.70. The Morgan fingerprint density at radius 2 is 0.625 bits per heavy atom. The summed E-state index contributed by atoms with van der Waals surface area (Å²) in [6.07, 6.45) is 78.6. The van der Waals surface area contributed by atoms with Crippen molar-refractivity contribution in [3.05, 3.63) is 122 Å². The first-order valence-corrected chi connectivity index (χ1v) is 26.1. The molecule has 0 aliphatic carbocycles. The number of hydrogen-bond acceptors (Lipinski definition) is 5. The number of allylic oxidation sites excluding steroid dienone is 20. The molecular weight excluding hydrogens is 789 g/mol. The molecule has 362 valence electrons. The Kier molecular flexibility index (Phi) is 50.5. The van der Waals surface area contributed by atoms with Gasteiger partial charge in [0, 0.05) is 12.8 Å². The van der Waals surface area contributed by atoms with Crippen LogP contribution in [0, 0.1) is 0 Å². The molecule has 0 aliphatic heterocycles. The Morgan fingerprint density at radius 1 is 0.359 bits per heavy atom.